The van der Waals surface area contributed by atoms with Gasteiger partial charge in [-0.1, -0.05) is 6.07 Å². The van der Waals surface area contributed by atoms with Gasteiger partial charge in [0.25, 0.3) is 0 Å². The van der Waals surface area contributed by atoms with Crippen molar-refractivity contribution in [3.63, 3.8) is 0 Å². The molecule has 1 aliphatic rings. The first kappa shape index (κ1) is 11.7. The van der Waals surface area contributed by atoms with Gasteiger partial charge in [-0.05, 0) is 59.2 Å². The Morgan fingerprint density at radius 2 is 2.11 bits per heavy atom. The van der Waals surface area contributed by atoms with Crippen molar-refractivity contribution in [2.45, 2.75) is 31.6 Å². The fourth-order valence-corrected chi connectivity index (χ4v) is 3.40. The quantitative estimate of drug-likeness (QED) is 0.802. The molecule has 0 unspecified atom stereocenters. The molecule has 0 amide bonds. The molecule has 0 radical (unpaired) electrons. The summed E-state index contributed by atoms with van der Waals surface area (Å²) in [6.07, 6.45) is 8.08. The van der Waals surface area contributed by atoms with Crippen LogP contribution in [0.3, 0.4) is 0 Å². The Kier molecular flexibility index (Phi) is 3.09. The van der Waals surface area contributed by atoms with Gasteiger partial charge in [0.15, 0.2) is 0 Å². The molecule has 0 aliphatic heterocycles. The molecule has 0 spiro atoms. The van der Waals surface area contributed by atoms with E-state index in [0.717, 1.165) is 30.2 Å². The number of fused-ring (bicyclic) bond motifs is 1. The van der Waals surface area contributed by atoms with Crippen LogP contribution in [0, 0.1) is 17.2 Å². The highest BCUT2D eigenvalue weighted by atomic mass is 79.9. The number of halogens is 1. The summed E-state index contributed by atoms with van der Waals surface area (Å²) in [5, 5.41) is 13.3. The number of aromatic nitrogens is 2. The van der Waals surface area contributed by atoms with Crippen LogP contribution < -0.4 is 0 Å². The third-order valence-electron chi connectivity index (χ3n) is 3.88. The summed E-state index contributed by atoms with van der Waals surface area (Å²) in [5.41, 5.74) is 2.54. The van der Waals surface area contributed by atoms with Crippen LogP contribution in [0.2, 0.25) is 0 Å². The minimum Gasteiger partial charge on any atom is -0.240 e. The van der Waals surface area contributed by atoms with Crippen molar-refractivity contribution in [2.24, 2.45) is 5.92 Å². The van der Waals surface area contributed by atoms with E-state index in [1.165, 1.54) is 11.1 Å². The summed E-state index contributed by atoms with van der Waals surface area (Å²) in [6.45, 7) is 0. The maximum atomic E-state index is 8.96. The first-order chi connectivity index (χ1) is 8.79. The molecule has 0 N–H and O–H groups in total. The molecule has 18 heavy (non-hydrogen) atoms. The maximum absolute atomic E-state index is 8.96. The Bertz CT molecular complexity index is 603. The molecule has 2 aromatic rings. The summed E-state index contributed by atoms with van der Waals surface area (Å²) in [5.74, 6) is 0.820. The van der Waals surface area contributed by atoms with Gasteiger partial charge in [0.1, 0.15) is 0 Å². The molecular formula is C14H14BrN3. The number of hydrogen-bond donors (Lipinski definition) is 0. The second kappa shape index (κ2) is 4.74. The highest BCUT2D eigenvalue weighted by Gasteiger charge is 2.24. The normalized spacial score (nSPS) is 24.0. The summed E-state index contributed by atoms with van der Waals surface area (Å²) in [4.78, 5) is 0. The molecule has 0 bridgehead atoms. The number of nitrogens with zero attached hydrogens (tertiary/aromatic N) is 3. The van der Waals surface area contributed by atoms with Crippen molar-refractivity contribution in [2.75, 3.05) is 0 Å². The van der Waals surface area contributed by atoms with Crippen molar-refractivity contribution in [1.82, 2.24) is 9.61 Å². The number of nitriles is 1. The van der Waals surface area contributed by atoms with Crippen molar-refractivity contribution in [3.05, 3.63) is 34.6 Å². The maximum Gasteiger partial charge on any atom is 0.0838 e. The Morgan fingerprint density at radius 1 is 1.33 bits per heavy atom. The minimum atomic E-state index is 0.259. The Hall–Kier alpha value is -1.34. The molecular weight excluding hydrogens is 290 g/mol. The average molecular weight is 304 g/mol. The summed E-state index contributed by atoms with van der Waals surface area (Å²) >= 11 is 3.57. The van der Waals surface area contributed by atoms with Gasteiger partial charge in [-0.25, -0.2) is 4.52 Å². The van der Waals surface area contributed by atoms with Crippen LogP contribution >= 0.6 is 15.9 Å². The lowest BCUT2D eigenvalue weighted by Crippen LogP contribution is -2.12. The van der Waals surface area contributed by atoms with E-state index in [9.17, 15) is 0 Å². The molecule has 0 aromatic carbocycles. The van der Waals surface area contributed by atoms with Gasteiger partial charge >= 0.3 is 0 Å². The zero-order chi connectivity index (χ0) is 12.5. The van der Waals surface area contributed by atoms with Crippen LogP contribution in [0.4, 0.5) is 0 Å². The lowest BCUT2D eigenvalue weighted by Gasteiger charge is -2.25. The van der Waals surface area contributed by atoms with Gasteiger partial charge < -0.3 is 0 Å². The molecule has 1 fully saturated rings. The summed E-state index contributed by atoms with van der Waals surface area (Å²) in [6, 6.07) is 6.64. The van der Waals surface area contributed by atoms with Crippen LogP contribution in [0.5, 0.6) is 0 Å². The number of rotatable bonds is 1. The van der Waals surface area contributed by atoms with Gasteiger partial charge in [-0.15, -0.1) is 0 Å². The van der Waals surface area contributed by atoms with E-state index in [2.05, 4.69) is 39.2 Å². The van der Waals surface area contributed by atoms with Gasteiger partial charge in [-0.3, -0.25) is 0 Å². The molecule has 2 heterocycles. The second-order valence-corrected chi connectivity index (χ2v) is 5.78. The van der Waals surface area contributed by atoms with E-state index in [1.807, 2.05) is 16.9 Å². The molecule has 1 aliphatic carbocycles. The van der Waals surface area contributed by atoms with Gasteiger partial charge in [-0.2, -0.15) is 10.4 Å². The Balaban J connectivity index is 1.96. The molecule has 3 nitrogen and oxygen atoms in total. The summed E-state index contributed by atoms with van der Waals surface area (Å²) in [7, 11) is 0. The van der Waals surface area contributed by atoms with Gasteiger partial charge in [0.2, 0.25) is 0 Å². The number of pyridine rings is 1. The average Bonchev–Trinajstić information content (AvgIpc) is 2.81. The van der Waals surface area contributed by atoms with Crippen LogP contribution in [0.25, 0.3) is 5.52 Å². The molecule has 1 saturated carbocycles. The molecule has 2 aromatic heterocycles. The second-order valence-electron chi connectivity index (χ2n) is 4.93. The van der Waals surface area contributed by atoms with E-state index in [0.29, 0.717) is 5.92 Å². The fraction of sp³-hybridized carbons (Fsp3) is 0.429. The largest absolute Gasteiger partial charge is 0.240 e. The van der Waals surface area contributed by atoms with E-state index >= 15 is 0 Å². The standard InChI is InChI=1S/C14H14BrN3/c15-13-9-17-18-7-1-2-12(14(13)18)11-5-3-10(8-16)4-6-11/h1-2,7,9-11H,3-6H2/t10-,11+. The van der Waals surface area contributed by atoms with E-state index < -0.39 is 0 Å². The fourth-order valence-electron chi connectivity index (χ4n) is 2.89. The van der Waals surface area contributed by atoms with E-state index in [4.69, 9.17) is 5.26 Å². The Labute approximate surface area is 115 Å². The summed E-state index contributed by atoms with van der Waals surface area (Å²) < 4.78 is 2.98. The van der Waals surface area contributed by atoms with E-state index in [-0.39, 0.29) is 5.92 Å². The molecule has 92 valence electrons. The topological polar surface area (TPSA) is 41.1 Å². The predicted molar refractivity (Wildman–Crippen MR) is 73.2 cm³/mol. The van der Waals surface area contributed by atoms with Crippen LogP contribution in [-0.4, -0.2) is 9.61 Å². The predicted octanol–water partition coefficient (Wildman–Crippen LogP) is 3.89. The third-order valence-corrected chi connectivity index (χ3v) is 4.46. The third kappa shape index (κ3) is 1.93. The first-order valence-electron chi connectivity index (χ1n) is 6.31. The molecule has 3 rings (SSSR count). The van der Waals surface area contributed by atoms with Gasteiger partial charge in [0, 0.05) is 12.1 Å². The van der Waals surface area contributed by atoms with Crippen LogP contribution in [0.15, 0.2) is 29.0 Å². The SMILES string of the molecule is N#C[C@H]1CC[C@@H](c2cccn3ncc(Br)c23)CC1. The molecule has 0 atom stereocenters. The lowest BCUT2D eigenvalue weighted by molar-refractivity contribution is 0.383. The van der Waals surface area contributed by atoms with Crippen molar-refractivity contribution < 1.29 is 0 Å². The molecule has 0 saturated heterocycles. The monoisotopic (exact) mass is 303 g/mol. The van der Waals surface area contributed by atoms with E-state index in [1.54, 1.807) is 0 Å². The first-order valence-corrected chi connectivity index (χ1v) is 7.10. The van der Waals surface area contributed by atoms with Crippen LogP contribution in [-0.2, 0) is 0 Å². The van der Waals surface area contributed by atoms with Crippen LogP contribution in [0.1, 0.15) is 37.2 Å². The highest BCUT2D eigenvalue weighted by Crippen LogP contribution is 2.38. The molecule has 4 heteroatoms. The minimum absolute atomic E-state index is 0.259. The lowest BCUT2D eigenvalue weighted by atomic mass is 9.79. The van der Waals surface area contributed by atoms with Gasteiger partial charge in [0.05, 0.1) is 22.3 Å². The number of hydrogen-bond acceptors (Lipinski definition) is 2. The Morgan fingerprint density at radius 3 is 2.83 bits per heavy atom. The highest BCUT2D eigenvalue weighted by molar-refractivity contribution is 9.10. The van der Waals surface area contributed by atoms with Crippen molar-refractivity contribution in [3.8, 4) is 6.07 Å². The van der Waals surface area contributed by atoms with Crippen molar-refractivity contribution >= 4 is 21.4 Å². The van der Waals surface area contributed by atoms with Crippen molar-refractivity contribution in [1.29, 1.82) is 5.26 Å². The zero-order valence-corrected chi connectivity index (χ0v) is 11.6. The smallest absolute Gasteiger partial charge is 0.0838 e. The zero-order valence-electron chi connectivity index (χ0n) is 10.0.